The van der Waals surface area contributed by atoms with Crippen molar-refractivity contribution in [1.29, 1.82) is 0 Å². The average Bonchev–Trinajstić information content (AvgIpc) is 3.57. The maximum Gasteiger partial charge on any atom is 0.318 e. The van der Waals surface area contributed by atoms with E-state index in [1.54, 1.807) is 7.11 Å². The Morgan fingerprint density at radius 3 is 2.74 bits per heavy atom. The average molecular weight is 553 g/mol. The Balaban J connectivity index is 1.27. The van der Waals surface area contributed by atoms with Gasteiger partial charge in [-0.2, -0.15) is 9.97 Å². The van der Waals surface area contributed by atoms with Gasteiger partial charge in [0.15, 0.2) is 0 Å². The third-order valence-electron chi connectivity index (χ3n) is 8.79. The number of likely N-dealkylation sites (tertiary alicyclic amines) is 1. The number of likely N-dealkylation sites (N-methyl/N-ethyl adjacent to an activating group) is 1. The molecule has 2 aromatic rings. The van der Waals surface area contributed by atoms with Gasteiger partial charge in [-0.25, -0.2) is 0 Å². The first-order chi connectivity index (χ1) is 18.9. The highest BCUT2D eigenvalue weighted by atomic mass is 35.5. The first-order valence-electron chi connectivity index (χ1n) is 13.9. The van der Waals surface area contributed by atoms with E-state index in [0.29, 0.717) is 38.3 Å². The predicted octanol–water partition coefficient (Wildman–Crippen LogP) is 3.49. The summed E-state index contributed by atoms with van der Waals surface area (Å²) >= 11 is 6.55. The fourth-order valence-electron chi connectivity index (χ4n) is 6.57. The minimum atomic E-state index is 0.0170. The molecular weight excluding hydrogens is 516 g/mol. The SMILES string of the molecule is C=CC(=O)N1CC2CCC1CN2c1nc(OC[C@@H]2CCCN2C)nc2c1CN(Cc1cc(OC)ccc1Cl)C2. The molecule has 0 saturated carbocycles. The molecule has 3 atom stereocenters. The molecule has 7 rings (SSSR count). The second kappa shape index (κ2) is 10.9. The van der Waals surface area contributed by atoms with Crippen LogP contribution in [0.15, 0.2) is 30.9 Å². The fraction of sp³-hybridized carbons (Fsp3) is 0.552. The molecule has 4 fully saturated rings. The number of rotatable bonds is 8. The molecule has 5 aliphatic rings. The summed E-state index contributed by atoms with van der Waals surface area (Å²) < 4.78 is 11.7. The van der Waals surface area contributed by atoms with Gasteiger partial charge in [-0.3, -0.25) is 9.69 Å². The summed E-state index contributed by atoms with van der Waals surface area (Å²) in [5.74, 6) is 1.76. The van der Waals surface area contributed by atoms with Crippen LogP contribution >= 0.6 is 11.6 Å². The molecule has 1 aromatic carbocycles. The minimum absolute atomic E-state index is 0.0170. The van der Waals surface area contributed by atoms with Gasteiger partial charge in [-0.05, 0) is 69.1 Å². The van der Waals surface area contributed by atoms with Crippen molar-refractivity contribution < 1.29 is 14.3 Å². The van der Waals surface area contributed by atoms with Crippen molar-refractivity contribution in [3.05, 3.63) is 52.7 Å². The summed E-state index contributed by atoms with van der Waals surface area (Å²) in [7, 11) is 3.82. The summed E-state index contributed by atoms with van der Waals surface area (Å²) in [4.78, 5) is 31.5. The Hall–Kier alpha value is -2.88. The highest BCUT2D eigenvalue weighted by Crippen LogP contribution is 2.38. The lowest BCUT2D eigenvalue weighted by molar-refractivity contribution is -0.131. The lowest BCUT2D eigenvalue weighted by Gasteiger charge is -2.52. The Kier molecular flexibility index (Phi) is 7.39. The van der Waals surface area contributed by atoms with E-state index in [9.17, 15) is 4.79 Å². The number of halogens is 1. The lowest BCUT2D eigenvalue weighted by Crippen LogP contribution is -2.64. The van der Waals surface area contributed by atoms with Crippen molar-refractivity contribution >= 4 is 23.3 Å². The molecule has 1 amide bonds. The van der Waals surface area contributed by atoms with Crippen LogP contribution in [0, 0.1) is 0 Å². The summed E-state index contributed by atoms with van der Waals surface area (Å²) in [5, 5.41) is 0.725. The smallest absolute Gasteiger partial charge is 0.318 e. The van der Waals surface area contributed by atoms with E-state index < -0.39 is 0 Å². The van der Waals surface area contributed by atoms with Crippen LogP contribution in [0.25, 0.3) is 0 Å². The zero-order valence-corrected chi connectivity index (χ0v) is 23.6. The molecule has 39 heavy (non-hydrogen) atoms. The number of hydrogen-bond acceptors (Lipinski definition) is 8. The standard InChI is InChI=1S/C29H37ClN6O3/c1-4-27(37)35-14-21-8-7-20(35)15-36(21)28-24-16-34(13-19-12-23(38-3)9-10-25(19)30)17-26(24)31-29(32-28)39-18-22-6-5-11-33(22)2/h4,9-10,12,20-22H,1,5-8,11,13-18H2,2-3H3/t20?,21?,22-/m0/s1. The molecule has 6 heterocycles. The highest BCUT2D eigenvalue weighted by molar-refractivity contribution is 6.31. The molecule has 0 N–H and O–H groups in total. The number of fused-ring (bicyclic) bond motifs is 4. The number of aromatic nitrogens is 2. The number of piperidine rings is 2. The van der Waals surface area contributed by atoms with Gasteiger partial charge in [-0.1, -0.05) is 18.2 Å². The number of anilines is 1. The number of amides is 1. The summed E-state index contributed by atoms with van der Waals surface area (Å²) in [6.45, 7) is 8.96. The van der Waals surface area contributed by atoms with E-state index >= 15 is 0 Å². The predicted molar refractivity (Wildman–Crippen MR) is 150 cm³/mol. The molecule has 10 heteroatoms. The number of methoxy groups -OCH3 is 1. The molecule has 0 spiro atoms. The first-order valence-corrected chi connectivity index (χ1v) is 14.3. The van der Waals surface area contributed by atoms with E-state index in [1.807, 2.05) is 23.1 Å². The van der Waals surface area contributed by atoms with Crippen molar-refractivity contribution in [2.75, 3.05) is 45.3 Å². The molecule has 4 saturated heterocycles. The Morgan fingerprint density at radius 1 is 1.18 bits per heavy atom. The number of carbonyl (C=O) groups is 1. The molecule has 2 bridgehead atoms. The normalized spacial score (nSPS) is 24.7. The second-order valence-corrected chi connectivity index (χ2v) is 11.6. The van der Waals surface area contributed by atoms with Gasteiger partial charge in [0, 0.05) is 61.4 Å². The fourth-order valence-corrected chi connectivity index (χ4v) is 6.75. The Bertz CT molecular complexity index is 1260. The molecule has 0 radical (unpaired) electrons. The van der Waals surface area contributed by atoms with Gasteiger partial charge in [-0.15, -0.1) is 0 Å². The van der Waals surface area contributed by atoms with Gasteiger partial charge in [0.1, 0.15) is 18.2 Å². The van der Waals surface area contributed by atoms with E-state index in [1.165, 1.54) is 12.5 Å². The van der Waals surface area contributed by atoms with Crippen LogP contribution in [0.5, 0.6) is 11.8 Å². The maximum atomic E-state index is 12.5. The van der Waals surface area contributed by atoms with Crippen LogP contribution in [0.1, 0.15) is 42.5 Å². The van der Waals surface area contributed by atoms with Gasteiger partial charge >= 0.3 is 6.01 Å². The molecule has 1 aromatic heterocycles. The topological polar surface area (TPSA) is 74.3 Å². The van der Waals surface area contributed by atoms with Crippen molar-refractivity contribution in [2.24, 2.45) is 0 Å². The van der Waals surface area contributed by atoms with Crippen LogP contribution in [0.3, 0.4) is 0 Å². The van der Waals surface area contributed by atoms with Crippen LogP contribution in [0.2, 0.25) is 5.02 Å². The van der Waals surface area contributed by atoms with Crippen molar-refractivity contribution in [3.63, 3.8) is 0 Å². The molecule has 0 aliphatic carbocycles. The number of nitrogens with zero attached hydrogens (tertiary/aromatic N) is 6. The number of piperazine rings is 1. The van der Waals surface area contributed by atoms with E-state index in [2.05, 4.69) is 28.3 Å². The summed E-state index contributed by atoms with van der Waals surface area (Å²) in [6.07, 6.45) is 5.80. The van der Waals surface area contributed by atoms with Crippen LogP contribution < -0.4 is 14.4 Å². The number of hydrogen-bond donors (Lipinski definition) is 0. The van der Waals surface area contributed by atoms with E-state index in [0.717, 1.165) is 72.3 Å². The van der Waals surface area contributed by atoms with Crippen molar-refractivity contribution in [1.82, 2.24) is 24.7 Å². The third kappa shape index (κ3) is 5.19. The lowest BCUT2D eigenvalue weighted by atomic mass is 9.90. The number of carbonyl (C=O) groups excluding carboxylic acids is 1. The quantitative estimate of drug-likeness (QED) is 0.461. The maximum absolute atomic E-state index is 12.5. The van der Waals surface area contributed by atoms with E-state index in [4.69, 9.17) is 31.0 Å². The summed E-state index contributed by atoms with van der Waals surface area (Å²) in [5.41, 5.74) is 3.18. The zero-order valence-electron chi connectivity index (χ0n) is 22.8. The number of ether oxygens (including phenoxy) is 2. The Labute approximate surface area is 235 Å². The van der Waals surface area contributed by atoms with Gasteiger partial charge < -0.3 is 24.2 Å². The van der Waals surface area contributed by atoms with Crippen LogP contribution in [-0.4, -0.2) is 89.1 Å². The van der Waals surface area contributed by atoms with Crippen molar-refractivity contribution in [2.45, 2.75) is 63.4 Å². The summed E-state index contributed by atoms with van der Waals surface area (Å²) in [6, 6.07) is 6.98. The third-order valence-corrected chi connectivity index (χ3v) is 9.16. The van der Waals surface area contributed by atoms with Crippen molar-refractivity contribution in [3.8, 4) is 11.8 Å². The molecule has 208 valence electrons. The molecule has 2 unspecified atom stereocenters. The molecular formula is C29H37ClN6O3. The van der Waals surface area contributed by atoms with Gasteiger partial charge in [0.25, 0.3) is 0 Å². The molecule has 5 aliphatic heterocycles. The highest BCUT2D eigenvalue weighted by Gasteiger charge is 2.43. The number of benzene rings is 1. The monoisotopic (exact) mass is 552 g/mol. The zero-order chi connectivity index (χ0) is 27.1. The van der Waals surface area contributed by atoms with Gasteiger partial charge in [0.2, 0.25) is 5.91 Å². The van der Waals surface area contributed by atoms with Gasteiger partial charge in [0.05, 0.1) is 12.8 Å². The second-order valence-electron chi connectivity index (χ2n) is 11.2. The largest absolute Gasteiger partial charge is 0.497 e. The minimum Gasteiger partial charge on any atom is -0.497 e. The van der Waals surface area contributed by atoms with E-state index in [-0.39, 0.29) is 18.0 Å². The molecule has 9 nitrogen and oxygen atoms in total. The Morgan fingerprint density at radius 2 is 2.03 bits per heavy atom. The van der Waals surface area contributed by atoms with Crippen LogP contribution in [-0.2, 0) is 24.4 Å². The first kappa shape index (κ1) is 26.3. The van der Waals surface area contributed by atoms with Crippen LogP contribution in [0.4, 0.5) is 5.82 Å².